The van der Waals surface area contributed by atoms with E-state index in [9.17, 15) is 0 Å². The first-order valence-corrected chi connectivity index (χ1v) is 4.13. The van der Waals surface area contributed by atoms with Gasteiger partial charge in [-0.3, -0.25) is 0 Å². The third kappa shape index (κ3) is 7.78. The van der Waals surface area contributed by atoms with Crippen LogP contribution in [0.3, 0.4) is 0 Å². The van der Waals surface area contributed by atoms with Gasteiger partial charge in [0.15, 0.2) is 0 Å². The lowest BCUT2D eigenvalue weighted by molar-refractivity contribution is 0.0626. The van der Waals surface area contributed by atoms with E-state index in [2.05, 4.69) is 6.92 Å². The molecule has 0 saturated heterocycles. The maximum atomic E-state index is 5.70. The van der Waals surface area contributed by atoms with E-state index < -0.39 is 0 Å². The highest BCUT2D eigenvalue weighted by atomic mass is 16.5. The monoisotopic (exact) mass is 161 g/mol. The van der Waals surface area contributed by atoms with Crippen molar-refractivity contribution in [2.75, 3.05) is 26.9 Å². The molecule has 2 N–H and O–H groups in total. The Kier molecular flexibility index (Phi) is 7.89. The fourth-order valence-electron chi connectivity index (χ4n) is 0.831. The summed E-state index contributed by atoms with van der Waals surface area (Å²) >= 11 is 0. The summed E-state index contributed by atoms with van der Waals surface area (Å²) in [5.74, 6) is 0. The van der Waals surface area contributed by atoms with Crippen LogP contribution in [0.2, 0.25) is 0 Å². The first kappa shape index (κ1) is 10.9. The minimum atomic E-state index is 0.192. The van der Waals surface area contributed by atoms with E-state index in [1.54, 1.807) is 7.11 Å². The van der Waals surface area contributed by atoms with Gasteiger partial charge in [0, 0.05) is 13.2 Å². The van der Waals surface area contributed by atoms with E-state index in [0.29, 0.717) is 19.8 Å². The second-order valence-corrected chi connectivity index (χ2v) is 2.62. The van der Waals surface area contributed by atoms with Gasteiger partial charge in [-0.2, -0.15) is 0 Å². The van der Waals surface area contributed by atoms with Crippen LogP contribution in [0, 0.1) is 0 Å². The van der Waals surface area contributed by atoms with Crippen LogP contribution in [0.1, 0.15) is 19.8 Å². The predicted octanol–water partition coefficient (Wildman–Crippen LogP) is 0.777. The third-order valence-electron chi connectivity index (χ3n) is 1.42. The van der Waals surface area contributed by atoms with Gasteiger partial charge in [-0.1, -0.05) is 13.3 Å². The SMILES string of the molecule is CCCC(N)COCCOC. The molecule has 0 rings (SSSR count). The lowest BCUT2D eigenvalue weighted by Gasteiger charge is -2.09. The molecule has 11 heavy (non-hydrogen) atoms. The number of hydrogen-bond acceptors (Lipinski definition) is 3. The van der Waals surface area contributed by atoms with Crippen molar-refractivity contribution in [3.63, 3.8) is 0 Å². The summed E-state index contributed by atoms with van der Waals surface area (Å²) < 4.78 is 10.1. The Morgan fingerprint density at radius 3 is 2.64 bits per heavy atom. The molecule has 0 aliphatic carbocycles. The van der Waals surface area contributed by atoms with Crippen molar-refractivity contribution < 1.29 is 9.47 Å². The average molecular weight is 161 g/mol. The van der Waals surface area contributed by atoms with Crippen LogP contribution in [0.4, 0.5) is 0 Å². The van der Waals surface area contributed by atoms with E-state index >= 15 is 0 Å². The number of ether oxygens (including phenoxy) is 2. The molecule has 1 atom stereocenters. The second-order valence-electron chi connectivity index (χ2n) is 2.62. The zero-order chi connectivity index (χ0) is 8.53. The summed E-state index contributed by atoms with van der Waals surface area (Å²) in [6.07, 6.45) is 2.15. The van der Waals surface area contributed by atoms with Crippen molar-refractivity contribution in [1.82, 2.24) is 0 Å². The fraction of sp³-hybridized carbons (Fsp3) is 1.00. The molecule has 3 nitrogen and oxygen atoms in total. The zero-order valence-corrected chi connectivity index (χ0v) is 7.51. The summed E-state index contributed by atoms with van der Waals surface area (Å²) in [6.45, 7) is 4.07. The summed E-state index contributed by atoms with van der Waals surface area (Å²) in [6, 6.07) is 0.192. The van der Waals surface area contributed by atoms with Gasteiger partial charge in [-0.05, 0) is 6.42 Å². The maximum Gasteiger partial charge on any atom is 0.0701 e. The van der Waals surface area contributed by atoms with Gasteiger partial charge in [0.1, 0.15) is 0 Å². The highest BCUT2D eigenvalue weighted by Gasteiger charge is 1.99. The minimum absolute atomic E-state index is 0.192. The van der Waals surface area contributed by atoms with Crippen molar-refractivity contribution in [3.8, 4) is 0 Å². The first-order chi connectivity index (χ1) is 5.31. The van der Waals surface area contributed by atoms with Gasteiger partial charge in [-0.25, -0.2) is 0 Å². The molecule has 3 heteroatoms. The minimum Gasteiger partial charge on any atom is -0.382 e. The summed E-state index contributed by atoms with van der Waals surface area (Å²) in [5.41, 5.74) is 5.70. The number of hydrogen-bond donors (Lipinski definition) is 1. The number of nitrogens with two attached hydrogens (primary N) is 1. The molecule has 0 fully saturated rings. The Balaban J connectivity index is 2.97. The summed E-state index contributed by atoms with van der Waals surface area (Å²) in [4.78, 5) is 0. The standard InChI is InChI=1S/C8H19NO2/c1-3-4-8(9)7-11-6-5-10-2/h8H,3-7,9H2,1-2H3. The van der Waals surface area contributed by atoms with E-state index in [-0.39, 0.29) is 6.04 Å². The van der Waals surface area contributed by atoms with Crippen molar-refractivity contribution >= 4 is 0 Å². The van der Waals surface area contributed by atoms with Crippen LogP contribution in [0.15, 0.2) is 0 Å². The highest BCUT2D eigenvalue weighted by molar-refractivity contribution is 4.57. The summed E-state index contributed by atoms with van der Waals surface area (Å²) in [7, 11) is 1.66. The van der Waals surface area contributed by atoms with Crippen LogP contribution in [0.5, 0.6) is 0 Å². The van der Waals surface area contributed by atoms with E-state index in [4.69, 9.17) is 15.2 Å². The van der Waals surface area contributed by atoms with Crippen molar-refractivity contribution in [1.29, 1.82) is 0 Å². The lowest BCUT2D eigenvalue weighted by Crippen LogP contribution is -2.26. The van der Waals surface area contributed by atoms with Crippen LogP contribution < -0.4 is 5.73 Å². The fourth-order valence-corrected chi connectivity index (χ4v) is 0.831. The Labute approximate surface area is 68.9 Å². The van der Waals surface area contributed by atoms with Crippen LogP contribution in [-0.4, -0.2) is 33.0 Å². The molecule has 1 unspecified atom stereocenters. The molecule has 0 aliphatic rings. The van der Waals surface area contributed by atoms with Gasteiger partial charge in [0.25, 0.3) is 0 Å². The maximum absolute atomic E-state index is 5.70. The molecule has 0 aliphatic heterocycles. The average Bonchev–Trinajstić information content (AvgIpc) is 1.99. The molecule has 0 aromatic heterocycles. The van der Waals surface area contributed by atoms with E-state index in [1.165, 1.54) is 0 Å². The highest BCUT2D eigenvalue weighted by Crippen LogP contribution is 1.93. The van der Waals surface area contributed by atoms with E-state index in [0.717, 1.165) is 12.8 Å². The third-order valence-corrected chi connectivity index (χ3v) is 1.42. The molecule has 0 bridgehead atoms. The van der Waals surface area contributed by atoms with Crippen molar-refractivity contribution in [3.05, 3.63) is 0 Å². The smallest absolute Gasteiger partial charge is 0.0701 e. The van der Waals surface area contributed by atoms with Gasteiger partial charge in [0.05, 0.1) is 19.8 Å². The molecule has 0 spiro atoms. The topological polar surface area (TPSA) is 44.5 Å². The normalized spacial score (nSPS) is 13.4. The summed E-state index contributed by atoms with van der Waals surface area (Å²) in [5, 5.41) is 0. The molecule has 0 aromatic rings. The Morgan fingerprint density at radius 1 is 1.36 bits per heavy atom. The Hall–Kier alpha value is -0.120. The number of methoxy groups -OCH3 is 1. The van der Waals surface area contributed by atoms with Crippen molar-refractivity contribution in [2.24, 2.45) is 5.73 Å². The Morgan fingerprint density at radius 2 is 2.09 bits per heavy atom. The van der Waals surface area contributed by atoms with Gasteiger partial charge < -0.3 is 15.2 Å². The first-order valence-electron chi connectivity index (χ1n) is 4.13. The van der Waals surface area contributed by atoms with Crippen LogP contribution in [0.25, 0.3) is 0 Å². The molecule has 0 aromatic carbocycles. The largest absolute Gasteiger partial charge is 0.382 e. The zero-order valence-electron chi connectivity index (χ0n) is 7.51. The van der Waals surface area contributed by atoms with Crippen LogP contribution in [-0.2, 0) is 9.47 Å². The Bertz CT molecular complexity index is 78.5. The van der Waals surface area contributed by atoms with Gasteiger partial charge in [-0.15, -0.1) is 0 Å². The van der Waals surface area contributed by atoms with Crippen molar-refractivity contribution in [2.45, 2.75) is 25.8 Å². The van der Waals surface area contributed by atoms with E-state index in [1.807, 2.05) is 0 Å². The van der Waals surface area contributed by atoms with Gasteiger partial charge >= 0.3 is 0 Å². The molecule has 0 amide bonds. The molecule has 68 valence electrons. The molecular formula is C8H19NO2. The molecule has 0 saturated carbocycles. The lowest BCUT2D eigenvalue weighted by atomic mass is 10.2. The van der Waals surface area contributed by atoms with Crippen LogP contribution >= 0.6 is 0 Å². The molecular weight excluding hydrogens is 142 g/mol. The van der Waals surface area contributed by atoms with Gasteiger partial charge in [0.2, 0.25) is 0 Å². The quantitative estimate of drug-likeness (QED) is 0.561. The number of rotatable bonds is 7. The second kappa shape index (κ2) is 7.98. The molecule has 0 heterocycles. The molecule has 0 radical (unpaired) electrons. The predicted molar refractivity (Wildman–Crippen MR) is 45.6 cm³/mol.